The minimum absolute atomic E-state index is 0.0292. The van der Waals surface area contributed by atoms with Gasteiger partial charge in [-0.2, -0.15) is 0 Å². The Kier molecular flexibility index (Phi) is 2.60. The lowest BCUT2D eigenvalue weighted by atomic mass is 10.1. The number of anilines is 2. The molecule has 0 spiro atoms. The second-order valence-corrected chi connectivity index (χ2v) is 3.78. The zero-order chi connectivity index (χ0) is 10.8. The first-order valence-electron chi connectivity index (χ1n) is 5.06. The summed E-state index contributed by atoms with van der Waals surface area (Å²) < 4.78 is 0. The number of nitrogens with zero attached hydrogens (tertiary/aromatic N) is 1. The van der Waals surface area contributed by atoms with Crippen LogP contribution in [0.1, 0.15) is 5.56 Å². The summed E-state index contributed by atoms with van der Waals surface area (Å²) >= 11 is 0. The molecule has 0 aliphatic carbocycles. The van der Waals surface area contributed by atoms with E-state index < -0.39 is 0 Å². The van der Waals surface area contributed by atoms with E-state index in [9.17, 15) is 4.79 Å². The number of fused-ring (bicyclic) bond motifs is 1. The minimum Gasteiger partial charge on any atom is -0.359 e. The highest BCUT2D eigenvalue weighted by Crippen LogP contribution is 2.29. The second-order valence-electron chi connectivity index (χ2n) is 3.78. The quantitative estimate of drug-likeness (QED) is 0.747. The van der Waals surface area contributed by atoms with Gasteiger partial charge in [-0.1, -0.05) is 6.07 Å². The molecule has 0 radical (unpaired) electrons. The summed E-state index contributed by atoms with van der Waals surface area (Å²) in [5.74, 6) is 0.0292. The number of rotatable bonds is 2. The zero-order valence-corrected chi connectivity index (χ0v) is 8.79. The third-order valence-corrected chi connectivity index (χ3v) is 2.50. The number of amides is 1. The van der Waals surface area contributed by atoms with E-state index in [2.05, 4.69) is 5.32 Å². The Hall–Kier alpha value is -1.55. The summed E-state index contributed by atoms with van der Waals surface area (Å²) in [5, 5.41) is 2.87. The van der Waals surface area contributed by atoms with Gasteiger partial charge >= 0.3 is 0 Å². The van der Waals surface area contributed by atoms with E-state index in [1.807, 2.05) is 30.0 Å². The van der Waals surface area contributed by atoms with Gasteiger partial charge in [-0.3, -0.25) is 4.79 Å². The van der Waals surface area contributed by atoms with Gasteiger partial charge in [0, 0.05) is 13.1 Å². The highest BCUT2D eigenvalue weighted by atomic mass is 16.2. The molecular formula is C11H15N3O. The molecule has 0 aromatic heterocycles. The number of hydrogen-bond donors (Lipinski definition) is 2. The van der Waals surface area contributed by atoms with Gasteiger partial charge in [0.05, 0.1) is 17.9 Å². The molecular weight excluding hydrogens is 190 g/mol. The Balaban J connectivity index is 2.37. The van der Waals surface area contributed by atoms with Crippen LogP contribution in [0.4, 0.5) is 11.4 Å². The van der Waals surface area contributed by atoms with Gasteiger partial charge in [0.15, 0.2) is 0 Å². The topological polar surface area (TPSA) is 58.4 Å². The molecule has 0 bridgehead atoms. The number of benzene rings is 1. The molecule has 4 heteroatoms. The zero-order valence-electron chi connectivity index (χ0n) is 8.79. The Morgan fingerprint density at radius 1 is 1.53 bits per heavy atom. The van der Waals surface area contributed by atoms with Crippen LogP contribution in [0.25, 0.3) is 0 Å². The fourth-order valence-electron chi connectivity index (χ4n) is 1.83. The molecule has 80 valence electrons. The monoisotopic (exact) mass is 205 g/mol. The Bertz CT molecular complexity index is 389. The molecule has 1 heterocycles. The smallest absolute Gasteiger partial charge is 0.243 e. The van der Waals surface area contributed by atoms with Gasteiger partial charge in [-0.15, -0.1) is 0 Å². The van der Waals surface area contributed by atoms with Crippen molar-refractivity contribution in [2.24, 2.45) is 5.73 Å². The van der Waals surface area contributed by atoms with Crippen LogP contribution in [0.3, 0.4) is 0 Å². The maximum atomic E-state index is 11.4. The van der Waals surface area contributed by atoms with Crippen LogP contribution in [-0.2, 0) is 4.79 Å². The van der Waals surface area contributed by atoms with Gasteiger partial charge in [0.25, 0.3) is 0 Å². The lowest BCUT2D eigenvalue weighted by molar-refractivity contribution is -0.115. The number of nitrogens with two attached hydrogens (primary N) is 1. The number of nitrogens with one attached hydrogen (secondary N) is 1. The van der Waals surface area contributed by atoms with E-state index in [1.165, 1.54) is 0 Å². The maximum absolute atomic E-state index is 11.4. The summed E-state index contributed by atoms with van der Waals surface area (Å²) in [6.45, 7) is 3.67. The standard InChI is InChI=1S/C11H15N3O/c1-8-2-3-10-9(6-8)13-11(15)7-14(10)5-4-12/h2-3,6H,4-5,7,12H2,1H3,(H,13,15). The summed E-state index contributed by atoms with van der Waals surface area (Å²) in [6.07, 6.45) is 0. The predicted molar refractivity (Wildman–Crippen MR) is 61.1 cm³/mol. The fraction of sp³-hybridized carbons (Fsp3) is 0.364. The first kappa shape index (κ1) is 9.98. The van der Waals surface area contributed by atoms with E-state index in [4.69, 9.17) is 5.73 Å². The number of hydrogen-bond acceptors (Lipinski definition) is 3. The van der Waals surface area contributed by atoms with Crippen LogP contribution in [0.15, 0.2) is 18.2 Å². The van der Waals surface area contributed by atoms with Crippen molar-refractivity contribution in [2.75, 3.05) is 29.9 Å². The molecule has 0 fully saturated rings. The lowest BCUT2D eigenvalue weighted by Gasteiger charge is -2.30. The van der Waals surface area contributed by atoms with E-state index in [1.54, 1.807) is 0 Å². The van der Waals surface area contributed by atoms with Crippen molar-refractivity contribution in [2.45, 2.75) is 6.92 Å². The normalized spacial score (nSPS) is 14.8. The molecule has 1 aliphatic rings. The third-order valence-electron chi connectivity index (χ3n) is 2.50. The van der Waals surface area contributed by atoms with Crippen LogP contribution in [-0.4, -0.2) is 25.5 Å². The highest BCUT2D eigenvalue weighted by Gasteiger charge is 2.20. The molecule has 3 N–H and O–H groups in total. The average molecular weight is 205 g/mol. The van der Waals surface area contributed by atoms with E-state index in [-0.39, 0.29) is 5.91 Å². The van der Waals surface area contributed by atoms with Crippen molar-refractivity contribution in [3.05, 3.63) is 23.8 Å². The van der Waals surface area contributed by atoms with Crippen molar-refractivity contribution >= 4 is 17.3 Å². The van der Waals surface area contributed by atoms with Crippen LogP contribution < -0.4 is 16.0 Å². The molecule has 2 rings (SSSR count). The molecule has 0 atom stereocenters. The van der Waals surface area contributed by atoms with Crippen LogP contribution in [0, 0.1) is 6.92 Å². The van der Waals surface area contributed by atoms with Gasteiger partial charge in [-0.25, -0.2) is 0 Å². The average Bonchev–Trinajstić information content (AvgIpc) is 2.17. The predicted octanol–water partition coefficient (Wildman–Crippen LogP) is 0.712. The molecule has 0 unspecified atom stereocenters. The lowest BCUT2D eigenvalue weighted by Crippen LogP contribution is -2.40. The van der Waals surface area contributed by atoms with Gasteiger partial charge in [0.2, 0.25) is 5.91 Å². The summed E-state index contributed by atoms with van der Waals surface area (Å²) in [4.78, 5) is 13.4. The first-order valence-corrected chi connectivity index (χ1v) is 5.06. The summed E-state index contributed by atoms with van der Waals surface area (Å²) in [5.41, 5.74) is 8.61. The minimum atomic E-state index is 0.0292. The van der Waals surface area contributed by atoms with Gasteiger partial charge in [-0.05, 0) is 24.6 Å². The summed E-state index contributed by atoms with van der Waals surface area (Å²) in [6, 6.07) is 6.05. The molecule has 0 saturated heterocycles. The van der Waals surface area contributed by atoms with Crippen LogP contribution in [0.5, 0.6) is 0 Å². The van der Waals surface area contributed by atoms with Crippen molar-refractivity contribution in [1.82, 2.24) is 0 Å². The molecule has 4 nitrogen and oxygen atoms in total. The van der Waals surface area contributed by atoms with Gasteiger partial charge < -0.3 is 16.0 Å². The number of carbonyl (C=O) groups excluding carboxylic acids is 1. The molecule has 0 saturated carbocycles. The van der Waals surface area contributed by atoms with Crippen molar-refractivity contribution < 1.29 is 4.79 Å². The van der Waals surface area contributed by atoms with Crippen LogP contribution in [0.2, 0.25) is 0 Å². The number of carbonyl (C=O) groups is 1. The highest BCUT2D eigenvalue weighted by molar-refractivity contribution is 6.01. The summed E-state index contributed by atoms with van der Waals surface area (Å²) in [7, 11) is 0. The van der Waals surface area contributed by atoms with E-state index >= 15 is 0 Å². The third kappa shape index (κ3) is 1.94. The van der Waals surface area contributed by atoms with E-state index in [0.717, 1.165) is 16.9 Å². The molecule has 15 heavy (non-hydrogen) atoms. The Morgan fingerprint density at radius 2 is 2.33 bits per heavy atom. The maximum Gasteiger partial charge on any atom is 0.243 e. The molecule has 1 aromatic carbocycles. The largest absolute Gasteiger partial charge is 0.359 e. The number of aryl methyl sites for hydroxylation is 1. The van der Waals surface area contributed by atoms with Crippen molar-refractivity contribution in [3.8, 4) is 0 Å². The first-order chi connectivity index (χ1) is 7.20. The second kappa shape index (κ2) is 3.90. The van der Waals surface area contributed by atoms with Crippen LogP contribution >= 0.6 is 0 Å². The Morgan fingerprint density at radius 3 is 3.07 bits per heavy atom. The molecule has 1 aromatic rings. The fourth-order valence-corrected chi connectivity index (χ4v) is 1.83. The Labute approximate surface area is 89.1 Å². The van der Waals surface area contributed by atoms with Crippen molar-refractivity contribution in [1.29, 1.82) is 0 Å². The van der Waals surface area contributed by atoms with Gasteiger partial charge in [0.1, 0.15) is 0 Å². The SMILES string of the molecule is Cc1ccc2c(c1)NC(=O)CN2CCN. The van der Waals surface area contributed by atoms with E-state index in [0.29, 0.717) is 19.6 Å². The van der Waals surface area contributed by atoms with Crippen molar-refractivity contribution in [3.63, 3.8) is 0 Å². The molecule has 1 aliphatic heterocycles. The molecule has 1 amide bonds.